The van der Waals surface area contributed by atoms with E-state index in [1.54, 1.807) is 0 Å². The maximum atomic E-state index is 11.9. The number of carbonyl (C=O) groups is 1. The smallest absolute Gasteiger partial charge is 0.251 e. The van der Waals surface area contributed by atoms with E-state index in [0.29, 0.717) is 11.6 Å². The number of carbonyl (C=O) groups excluding carboxylic acids is 1. The van der Waals surface area contributed by atoms with E-state index in [0.717, 1.165) is 29.0 Å². The van der Waals surface area contributed by atoms with Gasteiger partial charge in [0, 0.05) is 16.6 Å². The Hall–Kier alpha value is -1.80. The molecule has 1 aliphatic rings. The van der Waals surface area contributed by atoms with Crippen LogP contribution in [0, 0.1) is 0 Å². The van der Waals surface area contributed by atoms with Crippen LogP contribution < -0.4 is 5.32 Å². The second-order valence-electron chi connectivity index (χ2n) is 4.83. The molecule has 0 radical (unpaired) electrons. The lowest BCUT2D eigenvalue weighted by Gasteiger charge is -2.05. The van der Waals surface area contributed by atoms with E-state index in [-0.39, 0.29) is 5.91 Å². The molecule has 1 fully saturated rings. The first-order valence-corrected chi connectivity index (χ1v) is 6.77. The number of hydrogen-bond acceptors (Lipinski definition) is 1. The zero-order valence-electron chi connectivity index (χ0n) is 10.4. The third-order valence-electron chi connectivity index (χ3n) is 3.24. The van der Waals surface area contributed by atoms with E-state index in [1.807, 2.05) is 48.5 Å². The van der Waals surface area contributed by atoms with Crippen molar-refractivity contribution in [1.29, 1.82) is 0 Å². The van der Waals surface area contributed by atoms with Crippen LogP contribution in [0.25, 0.3) is 11.1 Å². The van der Waals surface area contributed by atoms with Crippen LogP contribution in [0.5, 0.6) is 0 Å². The summed E-state index contributed by atoms with van der Waals surface area (Å²) in [5.74, 6) is 0.0187. The van der Waals surface area contributed by atoms with Crippen LogP contribution in [-0.2, 0) is 0 Å². The van der Waals surface area contributed by atoms with E-state index >= 15 is 0 Å². The quantitative estimate of drug-likeness (QED) is 0.901. The second kappa shape index (κ2) is 5.06. The van der Waals surface area contributed by atoms with Gasteiger partial charge in [0.15, 0.2) is 0 Å². The first-order valence-electron chi connectivity index (χ1n) is 6.39. The molecule has 2 aromatic rings. The largest absolute Gasteiger partial charge is 0.349 e. The van der Waals surface area contributed by atoms with Crippen LogP contribution >= 0.6 is 11.6 Å². The molecule has 0 aromatic heterocycles. The molecule has 0 unspecified atom stereocenters. The summed E-state index contributed by atoms with van der Waals surface area (Å²) >= 11 is 5.87. The van der Waals surface area contributed by atoms with Crippen molar-refractivity contribution in [2.24, 2.45) is 0 Å². The summed E-state index contributed by atoms with van der Waals surface area (Å²) < 4.78 is 0. The zero-order chi connectivity index (χ0) is 13.2. The van der Waals surface area contributed by atoms with Crippen molar-refractivity contribution < 1.29 is 4.79 Å². The summed E-state index contributed by atoms with van der Waals surface area (Å²) in [6.45, 7) is 0. The molecule has 3 heteroatoms. The van der Waals surface area contributed by atoms with Gasteiger partial charge in [-0.05, 0) is 48.2 Å². The van der Waals surface area contributed by atoms with Gasteiger partial charge in [-0.2, -0.15) is 0 Å². The van der Waals surface area contributed by atoms with Crippen molar-refractivity contribution in [2.75, 3.05) is 0 Å². The molecule has 0 saturated heterocycles. The van der Waals surface area contributed by atoms with Crippen molar-refractivity contribution in [1.82, 2.24) is 5.32 Å². The van der Waals surface area contributed by atoms with Gasteiger partial charge in [-0.15, -0.1) is 0 Å². The van der Waals surface area contributed by atoms with Gasteiger partial charge in [0.05, 0.1) is 0 Å². The highest BCUT2D eigenvalue weighted by molar-refractivity contribution is 6.30. The predicted octanol–water partition coefficient (Wildman–Crippen LogP) is 3.90. The number of rotatable bonds is 3. The Morgan fingerprint density at radius 2 is 1.47 bits per heavy atom. The van der Waals surface area contributed by atoms with Crippen molar-refractivity contribution in [2.45, 2.75) is 18.9 Å². The average Bonchev–Trinajstić information content (AvgIpc) is 3.24. The summed E-state index contributed by atoms with van der Waals surface area (Å²) in [5.41, 5.74) is 2.89. The summed E-state index contributed by atoms with van der Waals surface area (Å²) in [4.78, 5) is 11.9. The van der Waals surface area contributed by atoms with E-state index in [1.165, 1.54) is 0 Å². The highest BCUT2D eigenvalue weighted by atomic mass is 35.5. The Morgan fingerprint density at radius 3 is 2.00 bits per heavy atom. The van der Waals surface area contributed by atoms with Gasteiger partial charge in [0.2, 0.25) is 0 Å². The van der Waals surface area contributed by atoms with Gasteiger partial charge in [0.1, 0.15) is 0 Å². The maximum Gasteiger partial charge on any atom is 0.251 e. The molecular formula is C16H14ClNO. The summed E-state index contributed by atoms with van der Waals surface area (Å²) in [6.07, 6.45) is 2.21. The molecular weight excluding hydrogens is 258 g/mol. The Balaban J connectivity index is 1.77. The van der Waals surface area contributed by atoms with Gasteiger partial charge >= 0.3 is 0 Å². The van der Waals surface area contributed by atoms with Gasteiger partial charge in [-0.25, -0.2) is 0 Å². The molecule has 1 amide bonds. The summed E-state index contributed by atoms with van der Waals surface area (Å²) in [6, 6.07) is 15.7. The fourth-order valence-electron chi connectivity index (χ4n) is 1.95. The number of hydrogen-bond donors (Lipinski definition) is 1. The molecule has 1 aliphatic carbocycles. The van der Waals surface area contributed by atoms with Crippen molar-refractivity contribution in [3.63, 3.8) is 0 Å². The third-order valence-corrected chi connectivity index (χ3v) is 3.49. The Labute approximate surface area is 117 Å². The highest BCUT2D eigenvalue weighted by Gasteiger charge is 2.23. The predicted molar refractivity (Wildman–Crippen MR) is 77.4 cm³/mol. The van der Waals surface area contributed by atoms with E-state index in [2.05, 4.69) is 5.32 Å². The topological polar surface area (TPSA) is 29.1 Å². The molecule has 1 saturated carbocycles. The first kappa shape index (κ1) is 12.2. The van der Waals surface area contributed by atoms with E-state index in [9.17, 15) is 4.79 Å². The number of halogens is 1. The summed E-state index contributed by atoms with van der Waals surface area (Å²) in [5, 5.41) is 3.71. The number of amides is 1. The van der Waals surface area contributed by atoms with Crippen LogP contribution in [0.1, 0.15) is 23.2 Å². The number of nitrogens with one attached hydrogen (secondary N) is 1. The minimum absolute atomic E-state index is 0.0187. The minimum atomic E-state index is 0.0187. The molecule has 19 heavy (non-hydrogen) atoms. The standard InChI is InChI=1S/C16H14ClNO/c17-14-7-5-12(6-8-14)11-1-3-13(4-2-11)16(19)18-15-9-10-15/h1-8,15H,9-10H2,(H,18,19). The number of benzene rings is 2. The SMILES string of the molecule is O=C(NC1CC1)c1ccc(-c2ccc(Cl)cc2)cc1. The Bertz CT molecular complexity index is 585. The Morgan fingerprint density at radius 1 is 0.947 bits per heavy atom. The highest BCUT2D eigenvalue weighted by Crippen LogP contribution is 2.23. The molecule has 2 nitrogen and oxygen atoms in total. The maximum absolute atomic E-state index is 11.9. The van der Waals surface area contributed by atoms with E-state index in [4.69, 9.17) is 11.6 Å². The molecule has 3 rings (SSSR count). The lowest BCUT2D eigenvalue weighted by Crippen LogP contribution is -2.25. The van der Waals surface area contributed by atoms with Crippen molar-refractivity contribution in [3.8, 4) is 11.1 Å². The minimum Gasteiger partial charge on any atom is -0.349 e. The van der Waals surface area contributed by atoms with Crippen molar-refractivity contribution >= 4 is 17.5 Å². The monoisotopic (exact) mass is 271 g/mol. The second-order valence-corrected chi connectivity index (χ2v) is 5.27. The van der Waals surface area contributed by atoms with Gasteiger partial charge < -0.3 is 5.32 Å². The molecule has 0 atom stereocenters. The van der Waals surface area contributed by atoms with Gasteiger partial charge in [-0.1, -0.05) is 35.9 Å². The van der Waals surface area contributed by atoms with E-state index < -0.39 is 0 Å². The molecule has 0 heterocycles. The molecule has 0 spiro atoms. The van der Waals surface area contributed by atoms with Gasteiger partial charge in [-0.3, -0.25) is 4.79 Å². The van der Waals surface area contributed by atoms with Gasteiger partial charge in [0.25, 0.3) is 5.91 Å². The van der Waals surface area contributed by atoms with Crippen LogP contribution in [0.2, 0.25) is 5.02 Å². The van der Waals surface area contributed by atoms with Crippen LogP contribution in [0.15, 0.2) is 48.5 Å². The van der Waals surface area contributed by atoms with Crippen LogP contribution in [0.4, 0.5) is 0 Å². The average molecular weight is 272 g/mol. The lowest BCUT2D eigenvalue weighted by molar-refractivity contribution is 0.0951. The zero-order valence-corrected chi connectivity index (χ0v) is 11.2. The first-order chi connectivity index (χ1) is 9.22. The van der Waals surface area contributed by atoms with Crippen LogP contribution in [0.3, 0.4) is 0 Å². The van der Waals surface area contributed by atoms with Crippen LogP contribution in [-0.4, -0.2) is 11.9 Å². The molecule has 2 aromatic carbocycles. The fraction of sp³-hybridized carbons (Fsp3) is 0.188. The normalized spacial score (nSPS) is 14.2. The fourth-order valence-corrected chi connectivity index (χ4v) is 2.08. The molecule has 0 aliphatic heterocycles. The molecule has 0 bridgehead atoms. The lowest BCUT2D eigenvalue weighted by atomic mass is 10.0. The molecule has 1 N–H and O–H groups in total. The Kier molecular flexibility index (Phi) is 3.26. The van der Waals surface area contributed by atoms with Crippen molar-refractivity contribution in [3.05, 3.63) is 59.1 Å². The third kappa shape index (κ3) is 2.96. The molecule has 96 valence electrons. The summed E-state index contributed by atoms with van der Waals surface area (Å²) in [7, 11) is 0.